The predicted molar refractivity (Wildman–Crippen MR) is 95.2 cm³/mol. The maximum atomic E-state index is 12.9. The molecule has 0 radical (unpaired) electrons. The maximum absolute atomic E-state index is 12.9. The van der Waals surface area contributed by atoms with Crippen LogP contribution in [0.1, 0.15) is 15.9 Å². The van der Waals surface area contributed by atoms with Gasteiger partial charge >= 0.3 is 0 Å². The summed E-state index contributed by atoms with van der Waals surface area (Å²) in [6.07, 6.45) is 0. The van der Waals surface area contributed by atoms with E-state index in [-0.39, 0.29) is 16.5 Å². The van der Waals surface area contributed by atoms with Gasteiger partial charge in [0, 0.05) is 18.7 Å². The number of carbonyl (C=O) groups is 1. The summed E-state index contributed by atoms with van der Waals surface area (Å²) in [5.74, 6) is -0.340. The van der Waals surface area contributed by atoms with E-state index >= 15 is 0 Å². The Morgan fingerprint density at radius 3 is 2.52 bits per heavy atom. The van der Waals surface area contributed by atoms with Crippen LogP contribution in [0.25, 0.3) is 0 Å². The Labute approximate surface area is 147 Å². The first kappa shape index (κ1) is 17.6. The van der Waals surface area contributed by atoms with Crippen LogP contribution in [0.5, 0.6) is 0 Å². The average Bonchev–Trinajstić information content (AvgIpc) is 2.63. The number of rotatable bonds is 4. The van der Waals surface area contributed by atoms with Gasteiger partial charge in [-0.2, -0.15) is 4.31 Å². The highest BCUT2D eigenvalue weighted by Crippen LogP contribution is 2.25. The third-order valence-corrected chi connectivity index (χ3v) is 5.96. The highest BCUT2D eigenvalue weighted by Gasteiger charge is 2.28. The zero-order valence-electron chi connectivity index (χ0n) is 13.9. The van der Waals surface area contributed by atoms with E-state index in [0.717, 1.165) is 5.56 Å². The largest absolute Gasteiger partial charge is 0.379 e. The van der Waals surface area contributed by atoms with E-state index in [4.69, 9.17) is 4.74 Å². The first-order valence-electron chi connectivity index (χ1n) is 8.03. The van der Waals surface area contributed by atoms with E-state index in [0.29, 0.717) is 31.9 Å². The van der Waals surface area contributed by atoms with E-state index in [1.54, 1.807) is 36.4 Å². The van der Waals surface area contributed by atoms with Gasteiger partial charge in [-0.25, -0.2) is 8.42 Å². The lowest BCUT2D eigenvalue weighted by atomic mass is 10.1. The van der Waals surface area contributed by atoms with Crippen molar-refractivity contribution in [2.24, 2.45) is 0 Å². The van der Waals surface area contributed by atoms with Crippen molar-refractivity contribution in [3.63, 3.8) is 0 Å². The molecule has 7 heteroatoms. The minimum Gasteiger partial charge on any atom is -0.379 e. The number of anilines is 1. The molecule has 132 valence electrons. The molecule has 1 saturated heterocycles. The number of hydrogen-bond acceptors (Lipinski definition) is 4. The number of sulfonamides is 1. The maximum Gasteiger partial charge on any atom is 0.255 e. The third-order valence-electron chi connectivity index (χ3n) is 4.00. The number of amides is 1. The summed E-state index contributed by atoms with van der Waals surface area (Å²) >= 11 is 0. The van der Waals surface area contributed by atoms with E-state index in [1.807, 2.05) is 13.0 Å². The molecule has 1 N–H and O–H groups in total. The number of aryl methyl sites for hydroxylation is 1. The molecule has 0 bridgehead atoms. The Hall–Kier alpha value is -2.22. The number of morpholine rings is 1. The second kappa shape index (κ2) is 7.35. The molecule has 1 aliphatic rings. The second-order valence-electron chi connectivity index (χ2n) is 5.84. The molecule has 0 aromatic heterocycles. The first-order chi connectivity index (χ1) is 12.0. The van der Waals surface area contributed by atoms with Gasteiger partial charge in [0.05, 0.1) is 18.9 Å². The summed E-state index contributed by atoms with van der Waals surface area (Å²) in [7, 11) is -3.69. The normalized spacial score (nSPS) is 15.7. The molecule has 25 heavy (non-hydrogen) atoms. The Bertz CT molecular complexity index is 874. The van der Waals surface area contributed by atoms with E-state index < -0.39 is 10.0 Å². The molecular formula is C18H20N2O4S. The van der Waals surface area contributed by atoms with Gasteiger partial charge in [-0.3, -0.25) is 4.79 Å². The minimum absolute atomic E-state index is 0.0953. The number of para-hydroxylation sites is 1. The van der Waals surface area contributed by atoms with Crippen LogP contribution < -0.4 is 5.32 Å². The molecule has 1 heterocycles. The fraction of sp³-hybridized carbons (Fsp3) is 0.278. The van der Waals surface area contributed by atoms with Crippen LogP contribution in [-0.4, -0.2) is 44.9 Å². The molecule has 0 unspecified atom stereocenters. The number of hydrogen-bond donors (Lipinski definition) is 1. The fourth-order valence-electron chi connectivity index (χ4n) is 2.70. The van der Waals surface area contributed by atoms with Crippen LogP contribution in [0.15, 0.2) is 53.4 Å². The molecule has 1 fully saturated rings. The monoisotopic (exact) mass is 360 g/mol. The molecule has 0 spiro atoms. The van der Waals surface area contributed by atoms with Crippen molar-refractivity contribution in [1.29, 1.82) is 0 Å². The topological polar surface area (TPSA) is 75.7 Å². The smallest absolute Gasteiger partial charge is 0.255 e. The Kier molecular flexibility index (Phi) is 5.17. The van der Waals surface area contributed by atoms with Crippen molar-refractivity contribution in [3.05, 3.63) is 59.7 Å². The van der Waals surface area contributed by atoms with E-state index in [1.165, 1.54) is 10.4 Å². The molecule has 1 aliphatic heterocycles. The van der Waals surface area contributed by atoms with Crippen molar-refractivity contribution in [2.75, 3.05) is 31.6 Å². The molecule has 0 atom stereocenters. The van der Waals surface area contributed by atoms with E-state index in [9.17, 15) is 13.2 Å². The van der Waals surface area contributed by atoms with Gasteiger partial charge in [-0.1, -0.05) is 29.8 Å². The molecule has 2 aromatic carbocycles. The van der Waals surface area contributed by atoms with Crippen LogP contribution in [0.3, 0.4) is 0 Å². The molecule has 1 amide bonds. The summed E-state index contributed by atoms with van der Waals surface area (Å²) < 4.78 is 32.4. The van der Waals surface area contributed by atoms with Crippen molar-refractivity contribution in [2.45, 2.75) is 11.8 Å². The zero-order chi connectivity index (χ0) is 17.9. The van der Waals surface area contributed by atoms with Gasteiger partial charge in [0.25, 0.3) is 5.91 Å². The molecule has 0 aliphatic carbocycles. The lowest BCUT2D eigenvalue weighted by Crippen LogP contribution is -2.40. The van der Waals surface area contributed by atoms with Gasteiger partial charge in [-0.05, 0) is 31.2 Å². The van der Waals surface area contributed by atoms with Gasteiger partial charge in [0.1, 0.15) is 4.90 Å². The molecular weight excluding hydrogens is 340 g/mol. The highest BCUT2D eigenvalue weighted by atomic mass is 32.2. The van der Waals surface area contributed by atoms with Crippen LogP contribution in [0, 0.1) is 6.92 Å². The number of ether oxygens (including phenoxy) is 1. The summed E-state index contributed by atoms with van der Waals surface area (Å²) in [6.45, 7) is 3.26. The third kappa shape index (κ3) is 3.89. The van der Waals surface area contributed by atoms with Crippen molar-refractivity contribution >= 4 is 21.6 Å². The summed E-state index contributed by atoms with van der Waals surface area (Å²) in [5.41, 5.74) is 1.72. The predicted octanol–water partition coefficient (Wildman–Crippen LogP) is 2.27. The number of nitrogens with one attached hydrogen (secondary N) is 1. The minimum atomic E-state index is -3.69. The summed E-state index contributed by atoms with van der Waals surface area (Å²) in [5, 5.41) is 2.72. The van der Waals surface area contributed by atoms with Crippen molar-refractivity contribution in [3.8, 4) is 0 Å². The number of nitrogens with zero attached hydrogens (tertiary/aromatic N) is 1. The van der Waals surface area contributed by atoms with Crippen molar-refractivity contribution < 1.29 is 17.9 Å². The van der Waals surface area contributed by atoms with Gasteiger partial charge in [0.15, 0.2) is 0 Å². The van der Waals surface area contributed by atoms with Crippen LogP contribution in [0.2, 0.25) is 0 Å². The SMILES string of the molecule is Cc1cccc(C(=O)Nc2ccccc2S(=O)(=O)N2CCOCC2)c1. The molecule has 2 aromatic rings. The van der Waals surface area contributed by atoms with Crippen LogP contribution >= 0.6 is 0 Å². The lowest BCUT2D eigenvalue weighted by molar-refractivity contribution is 0.0730. The summed E-state index contributed by atoms with van der Waals surface area (Å²) in [4.78, 5) is 12.6. The van der Waals surface area contributed by atoms with E-state index in [2.05, 4.69) is 5.32 Å². The Morgan fingerprint density at radius 1 is 1.08 bits per heavy atom. The molecule has 6 nitrogen and oxygen atoms in total. The Morgan fingerprint density at radius 2 is 1.80 bits per heavy atom. The highest BCUT2D eigenvalue weighted by molar-refractivity contribution is 7.89. The first-order valence-corrected chi connectivity index (χ1v) is 9.47. The molecule has 0 saturated carbocycles. The Balaban J connectivity index is 1.89. The standard InChI is InChI=1S/C18H20N2O4S/c1-14-5-4-6-15(13-14)18(21)19-16-7-2-3-8-17(16)25(22,23)20-9-11-24-12-10-20/h2-8,13H,9-12H2,1H3,(H,19,21). The average molecular weight is 360 g/mol. The van der Waals surface area contributed by atoms with Gasteiger partial charge < -0.3 is 10.1 Å². The quantitative estimate of drug-likeness (QED) is 0.907. The van der Waals surface area contributed by atoms with Gasteiger partial charge in [-0.15, -0.1) is 0 Å². The molecule has 3 rings (SSSR count). The second-order valence-corrected chi connectivity index (χ2v) is 7.74. The summed E-state index contributed by atoms with van der Waals surface area (Å²) in [6, 6.07) is 13.6. The fourth-order valence-corrected chi connectivity index (χ4v) is 4.26. The van der Waals surface area contributed by atoms with Gasteiger partial charge in [0.2, 0.25) is 10.0 Å². The number of carbonyl (C=O) groups excluding carboxylic acids is 1. The number of benzene rings is 2. The zero-order valence-corrected chi connectivity index (χ0v) is 14.8. The van der Waals surface area contributed by atoms with Crippen molar-refractivity contribution in [1.82, 2.24) is 4.31 Å². The van der Waals surface area contributed by atoms with Crippen LogP contribution in [0.4, 0.5) is 5.69 Å². The lowest BCUT2D eigenvalue weighted by Gasteiger charge is -2.27. The van der Waals surface area contributed by atoms with Crippen LogP contribution in [-0.2, 0) is 14.8 Å².